The van der Waals surface area contributed by atoms with Gasteiger partial charge < -0.3 is 4.74 Å². The summed E-state index contributed by atoms with van der Waals surface area (Å²) in [5.74, 6) is 0.792. The minimum Gasteiger partial charge on any atom is -0.497 e. The summed E-state index contributed by atoms with van der Waals surface area (Å²) in [6.45, 7) is 1.98. The highest BCUT2D eigenvalue weighted by Crippen LogP contribution is 2.26. The van der Waals surface area contributed by atoms with Crippen molar-refractivity contribution in [2.75, 3.05) is 12.9 Å². The maximum absolute atomic E-state index is 12.8. The zero-order valence-electron chi connectivity index (χ0n) is 11.4. The predicted octanol–water partition coefficient (Wildman–Crippen LogP) is 4.12. The Labute approximate surface area is 122 Å². The van der Waals surface area contributed by atoms with Crippen LogP contribution < -0.4 is 4.74 Å². The molecule has 0 bridgehead atoms. The number of benzene rings is 2. The maximum atomic E-state index is 12.8. The van der Waals surface area contributed by atoms with Gasteiger partial charge in [0.1, 0.15) is 11.6 Å². The van der Waals surface area contributed by atoms with E-state index >= 15 is 0 Å². The van der Waals surface area contributed by atoms with Crippen molar-refractivity contribution >= 4 is 17.5 Å². The number of Topliss-reactive ketones (excluding diaryl/α,β-unsaturated/α-hetero) is 1. The number of methoxy groups -OCH3 is 1. The number of halogens is 1. The number of hydrogen-bond donors (Lipinski definition) is 0. The first-order chi connectivity index (χ1) is 9.60. The van der Waals surface area contributed by atoms with Crippen LogP contribution in [0.2, 0.25) is 0 Å². The molecule has 0 aliphatic carbocycles. The quantitative estimate of drug-likeness (QED) is 0.612. The number of carbonyl (C=O) groups excluding carboxylic acids is 1. The zero-order chi connectivity index (χ0) is 14.5. The zero-order valence-corrected chi connectivity index (χ0v) is 12.2. The van der Waals surface area contributed by atoms with Gasteiger partial charge in [-0.1, -0.05) is 0 Å². The van der Waals surface area contributed by atoms with Crippen molar-refractivity contribution in [3.05, 3.63) is 59.4 Å². The van der Waals surface area contributed by atoms with Gasteiger partial charge in [-0.2, -0.15) is 0 Å². The molecule has 0 aliphatic rings. The molecule has 0 heterocycles. The molecule has 4 heteroatoms. The summed E-state index contributed by atoms with van der Waals surface area (Å²) in [4.78, 5) is 13.0. The lowest BCUT2D eigenvalue weighted by Crippen LogP contribution is -2.02. The van der Waals surface area contributed by atoms with E-state index in [2.05, 4.69) is 0 Å². The van der Waals surface area contributed by atoms with E-state index < -0.39 is 0 Å². The Balaban J connectivity index is 2.01. The van der Waals surface area contributed by atoms with Crippen LogP contribution in [0, 0.1) is 12.7 Å². The first-order valence-electron chi connectivity index (χ1n) is 6.16. The summed E-state index contributed by atoms with van der Waals surface area (Å²) in [5, 5.41) is 0. The van der Waals surface area contributed by atoms with Crippen molar-refractivity contribution in [3.63, 3.8) is 0 Å². The van der Waals surface area contributed by atoms with Gasteiger partial charge >= 0.3 is 0 Å². The molecule has 0 amide bonds. The lowest BCUT2D eigenvalue weighted by molar-refractivity contribution is 0.102. The van der Waals surface area contributed by atoms with E-state index in [0.29, 0.717) is 11.3 Å². The maximum Gasteiger partial charge on any atom is 0.173 e. The molecule has 20 heavy (non-hydrogen) atoms. The van der Waals surface area contributed by atoms with Crippen LogP contribution >= 0.6 is 11.8 Å². The van der Waals surface area contributed by atoms with Gasteiger partial charge in [-0.15, -0.1) is 11.8 Å². The van der Waals surface area contributed by atoms with E-state index in [9.17, 15) is 9.18 Å². The molecule has 0 spiro atoms. The lowest BCUT2D eigenvalue weighted by atomic mass is 10.1. The summed E-state index contributed by atoms with van der Waals surface area (Å²) >= 11 is 1.47. The molecule has 0 radical (unpaired) electrons. The largest absolute Gasteiger partial charge is 0.497 e. The summed E-state index contributed by atoms with van der Waals surface area (Å²) < 4.78 is 17.9. The monoisotopic (exact) mass is 290 g/mol. The minimum atomic E-state index is -0.333. The first-order valence-corrected chi connectivity index (χ1v) is 7.15. The van der Waals surface area contributed by atoms with Crippen LogP contribution in [-0.2, 0) is 0 Å². The van der Waals surface area contributed by atoms with Crippen molar-refractivity contribution in [2.45, 2.75) is 11.8 Å². The average Bonchev–Trinajstić information content (AvgIpc) is 2.46. The van der Waals surface area contributed by atoms with Gasteiger partial charge in [-0.3, -0.25) is 4.79 Å². The van der Waals surface area contributed by atoms with E-state index in [1.165, 1.54) is 36.0 Å². The molecule has 0 fully saturated rings. The second-order valence-electron chi connectivity index (χ2n) is 4.35. The third-order valence-electron chi connectivity index (χ3n) is 2.91. The lowest BCUT2D eigenvalue weighted by Gasteiger charge is -2.07. The number of thioether (sulfide) groups is 1. The Kier molecular flexibility index (Phi) is 4.79. The fraction of sp³-hybridized carbons (Fsp3) is 0.188. The van der Waals surface area contributed by atoms with E-state index in [0.717, 1.165) is 16.2 Å². The van der Waals surface area contributed by atoms with Crippen LogP contribution in [-0.4, -0.2) is 18.6 Å². The van der Waals surface area contributed by atoms with Gasteiger partial charge in [0.2, 0.25) is 0 Å². The van der Waals surface area contributed by atoms with Crippen molar-refractivity contribution in [1.29, 1.82) is 0 Å². The second-order valence-corrected chi connectivity index (χ2v) is 5.37. The van der Waals surface area contributed by atoms with Crippen LogP contribution in [0.3, 0.4) is 0 Å². The van der Waals surface area contributed by atoms with Gasteiger partial charge in [0.15, 0.2) is 5.78 Å². The fourth-order valence-corrected chi connectivity index (χ4v) is 2.68. The van der Waals surface area contributed by atoms with Gasteiger partial charge in [0, 0.05) is 10.5 Å². The van der Waals surface area contributed by atoms with Crippen molar-refractivity contribution in [1.82, 2.24) is 0 Å². The normalized spacial score (nSPS) is 10.3. The SMILES string of the molecule is COc1ccc(SCC(=O)c2ccc(F)cc2)c(C)c1. The fourth-order valence-electron chi connectivity index (χ4n) is 1.77. The van der Waals surface area contributed by atoms with Crippen molar-refractivity contribution < 1.29 is 13.9 Å². The molecular formula is C16H15FO2S. The number of rotatable bonds is 5. The molecule has 0 atom stereocenters. The topological polar surface area (TPSA) is 26.3 Å². The average molecular weight is 290 g/mol. The predicted molar refractivity (Wildman–Crippen MR) is 79.2 cm³/mol. The highest BCUT2D eigenvalue weighted by Gasteiger charge is 2.08. The molecule has 2 aromatic carbocycles. The van der Waals surface area contributed by atoms with Gasteiger partial charge in [0.05, 0.1) is 12.9 Å². The molecule has 0 aromatic heterocycles. The molecule has 2 aromatic rings. The molecule has 104 valence electrons. The minimum absolute atomic E-state index is 0.00906. The number of carbonyl (C=O) groups is 1. The Morgan fingerprint density at radius 2 is 1.90 bits per heavy atom. The number of ether oxygens (including phenoxy) is 1. The molecule has 2 rings (SSSR count). The van der Waals surface area contributed by atoms with Crippen LogP contribution in [0.15, 0.2) is 47.4 Å². The number of ketones is 1. The van der Waals surface area contributed by atoms with Gasteiger partial charge in [-0.25, -0.2) is 4.39 Å². The Morgan fingerprint density at radius 1 is 1.20 bits per heavy atom. The Bertz CT molecular complexity index is 608. The van der Waals surface area contributed by atoms with E-state index in [1.807, 2.05) is 25.1 Å². The third kappa shape index (κ3) is 3.61. The highest BCUT2D eigenvalue weighted by molar-refractivity contribution is 8.00. The molecule has 0 saturated carbocycles. The molecule has 0 N–H and O–H groups in total. The van der Waals surface area contributed by atoms with Crippen molar-refractivity contribution in [2.24, 2.45) is 0 Å². The summed E-state index contributed by atoms with van der Waals surface area (Å²) in [6.07, 6.45) is 0. The van der Waals surface area contributed by atoms with E-state index in [-0.39, 0.29) is 11.6 Å². The molecular weight excluding hydrogens is 275 g/mol. The van der Waals surface area contributed by atoms with Crippen LogP contribution in [0.4, 0.5) is 4.39 Å². The van der Waals surface area contributed by atoms with Crippen LogP contribution in [0.25, 0.3) is 0 Å². The smallest absolute Gasteiger partial charge is 0.173 e. The van der Waals surface area contributed by atoms with E-state index in [1.54, 1.807) is 7.11 Å². The highest BCUT2D eigenvalue weighted by atomic mass is 32.2. The van der Waals surface area contributed by atoms with Gasteiger partial charge in [-0.05, 0) is 55.0 Å². The summed E-state index contributed by atoms with van der Waals surface area (Å²) in [5.41, 5.74) is 1.60. The Hall–Kier alpha value is -1.81. The summed E-state index contributed by atoms with van der Waals surface area (Å²) in [6, 6.07) is 11.4. The molecule has 2 nitrogen and oxygen atoms in total. The summed E-state index contributed by atoms with van der Waals surface area (Å²) in [7, 11) is 1.62. The van der Waals surface area contributed by atoms with Crippen molar-refractivity contribution in [3.8, 4) is 5.75 Å². The standard InChI is InChI=1S/C16H15FO2S/c1-11-9-14(19-2)7-8-16(11)20-10-15(18)12-3-5-13(17)6-4-12/h3-9H,10H2,1-2H3. The number of hydrogen-bond acceptors (Lipinski definition) is 3. The molecule has 0 unspecified atom stereocenters. The third-order valence-corrected chi connectivity index (χ3v) is 4.08. The molecule has 0 aliphatic heterocycles. The van der Waals surface area contributed by atoms with Crippen LogP contribution in [0.1, 0.15) is 15.9 Å². The Morgan fingerprint density at radius 3 is 2.50 bits per heavy atom. The molecule has 0 saturated heterocycles. The van der Waals surface area contributed by atoms with E-state index in [4.69, 9.17) is 4.74 Å². The number of aryl methyl sites for hydroxylation is 1. The first kappa shape index (κ1) is 14.6. The van der Waals surface area contributed by atoms with Crippen LogP contribution in [0.5, 0.6) is 5.75 Å². The van der Waals surface area contributed by atoms with Gasteiger partial charge in [0.25, 0.3) is 0 Å². The second kappa shape index (κ2) is 6.57.